The number of hydrogen-bond acceptors (Lipinski definition) is 3. The van der Waals surface area contributed by atoms with Crippen molar-refractivity contribution in [3.8, 4) is 5.75 Å². The van der Waals surface area contributed by atoms with Gasteiger partial charge in [0.05, 0.1) is 6.54 Å². The summed E-state index contributed by atoms with van der Waals surface area (Å²) in [5.41, 5.74) is 2.12. The van der Waals surface area contributed by atoms with Gasteiger partial charge in [-0.05, 0) is 55.9 Å². The van der Waals surface area contributed by atoms with Crippen LogP contribution in [0.15, 0.2) is 53.5 Å². The fraction of sp³-hybridized carbons (Fsp3) is 0.458. The topological polar surface area (TPSA) is 59.9 Å². The molecule has 5 nitrogen and oxygen atoms in total. The molecule has 0 spiro atoms. The van der Waals surface area contributed by atoms with Crippen molar-refractivity contribution in [1.29, 1.82) is 0 Å². The predicted molar refractivity (Wildman–Crippen MR) is 133 cm³/mol. The van der Waals surface area contributed by atoms with Gasteiger partial charge in [0.25, 0.3) is 0 Å². The highest BCUT2D eigenvalue weighted by Crippen LogP contribution is 2.36. The molecule has 0 aromatic heterocycles. The third-order valence-electron chi connectivity index (χ3n) is 6.21. The van der Waals surface area contributed by atoms with E-state index in [0.29, 0.717) is 24.7 Å². The summed E-state index contributed by atoms with van der Waals surface area (Å²) in [6, 6.07) is 16.8. The van der Waals surface area contributed by atoms with Gasteiger partial charge >= 0.3 is 0 Å². The highest BCUT2D eigenvalue weighted by Gasteiger charge is 2.40. The summed E-state index contributed by atoms with van der Waals surface area (Å²) < 4.78 is 13.6. The Morgan fingerprint density at radius 2 is 1.81 bits per heavy atom. The number of phenols is 1. The number of aromatic hydroxyl groups is 1. The fourth-order valence-electron chi connectivity index (χ4n) is 4.78. The van der Waals surface area contributed by atoms with Crippen molar-refractivity contribution in [2.45, 2.75) is 63.8 Å². The predicted octanol–water partition coefficient (Wildman–Crippen LogP) is 4.40. The van der Waals surface area contributed by atoms with Crippen molar-refractivity contribution in [1.82, 2.24) is 15.5 Å². The Bertz CT molecular complexity index is 865. The molecule has 0 amide bonds. The van der Waals surface area contributed by atoms with E-state index in [2.05, 4.69) is 50.9 Å². The molecule has 0 saturated carbocycles. The first-order valence-electron chi connectivity index (χ1n) is 10.9. The van der Waals surface area contributed by atoms with Gasteiger partial charge in [-0.1, -0.05) is 36.4 Å². The second-order valence-corrected chi connectivity index (χ2v) is 8.34. The number of fused-ring (bicyclic) bond motifs is 2. The number of piperidine rings is 1. The lowest BCUT2D eigenvalue weighted by Crippen LogP contribution is -2.52. The van der Waals surface area contributed by atoms with Crippen LogP contribution in [0.4, 0.5) is 4.39 Å². The van der Waals surface area contributed by atoms with E-state index in [1.807, 2.05) is 6.92 Å². The molecule has 2 aromatic carbocycles. The minimum atomic E-state index is -0.608. The van der Waals surface area contributed by atoms with Gasteiger partial charge in [0, 0.05) is 31.2 Å². The van der Waals surface area contributed by atoms with Crippen LogP contribution in [0.5, 0.6) is 5.75 Å². The highest BCUT2D eigenvalue weighted by molar-refractivity contribution is 14.0. The smallest absolute Gasteiger partial charge is 0.191 e. The molecule has 2 atom stereocenters. The largest absolute Gasteiger partial charge is 0.505 e. The van der Waals surface area contributed by atoms with Crippen molar-refractivity contribution in [3.63, 3.8) is 0 Å². The molecular formula is C24H32FIN4O. The average Bonchev–Trinajstić information content (AvgIpc) is 2.97. The van der Waals surface area contributed by atoms with E-state index in [0.717, 1.165) is 37.5 Å². The van der Waals surface area contributed by atoms with Gasteiger partial charge in [-0.15, -0.1) is 24.0 Å². The van der Waals surface area contributed by atoms with Crippen LogP contribution in [0.3, 0.4) is 0 Å². The maximum Gasteiger partial charge on any atom is 0.191 e. The SMILES string of the molecule is CCNC(=NCc1ccc(O)c(F)c1)NC1CC2CCC(C1)N2Cc1ccccc1.I. The minimum Gasteiger partial charge on any atom is -0.505 e. The van der Waals surface area contributed by atoms with Crippen LogP contribution in [-0.2, 0) is 13.1 Å². The van der Waals surface area contributed by atoms with Crippen molar-refractivity contribution >= 4 is 29.9 Å². The molecule has 31 heavy (non-hydrogen) atoms. The number of phenolic OH excluding ortho intramolecular Hbond substituents is 1. The quantitative estimate of drug-likeness (QED) is 0.290. The van der Waals surface area contributed by atoms with Crippen molar-refractivity contribution in [3.05, 3.63) is 65.5 Å². The lowest BCUT2D eigenvalue weighted by atomic mass is 9.96. The summed E-state index contributed by atoms with van der Waals surface area (Å²) in [4.78, 5) is 7.32. The molecule has 2 unspecified atom stereocenters. The average molecular weight is 538 g/mol. The second kappa shape index (κ2) is 11.1. The standard InChI is InChI=1S/C24H31FN4O.HI/c1-2-26-24(27-15-18-8-11-23(30)22(25)12-18)28-19-13-20-9-10-21(14-19)29(20)16-17-6-4-3-5-7-17;/h3-8,11-12,19-21,30H,2,9-10,13-16H2,1H3,(H2,26,27,28);1H. The van der Waals surface area contributed by atoms with Crippen LogP contribution in [0.25, 0.3) is 0 Å². The second-order valence-electron chi connectivity index (χ2n) is 8.34. The Morgan fingerprint density at radius 3 is 2.45 bits per heavy atom. The highest BCUT2D eigenvalue weighted by atomic mass is 127. The fourth-order valence-corrected chi connectivity index (χ4v) is 4.78. The maximum absolute atomic E-state index is 13.6. The van der Waals surface area contributed by atoms with Crippen molar-refractivity contribution in [2.24, 2.45) is 4.99 Å². The van der Waals surface area contributed by atoms with Crippen LogP contribution in [0.2, 0.25) is 0 Å². The third-order valence-corrected chi connectivity index (χ3v) is 6.21. The maximum atomic E-state index is 13.6. The number of nitrogens with zero attached hydrogens (tertiary/aromatic N) is 2. The Labute approximate surface area is 201 Å². The lowest BCUT2D eigenvalue weighted by Gasteiger charge is -2.39. The molecule has 3 N–H and O–H groups in total. The minimum absolute atomic E-state index is 0. The molecule has 2 aliphatic heterocycles. The first-order chi connectivity index (χ1) is 14.6. The number of benzene rings is 2. The summed E-state index contributed by atoms with van der Waals surface area (Å²) in [7, 11) is 0. The van der Waals surface area contributed by atoms with E-state index in [1.54, 1.807) is 6.07 Å². The molecule has 0 radical (unpaired) electrons. The van der Waals surface area contributed by atoms with Crippen LogP contribution in [0.1, 0.15) is 43.7 Å². The zero-order valence-electron chi connectivity index (χ0n) is 17.9. The van der Waals surface area contributed by atoms with E-state index in [1.165, 1.54) is 30.5 Å². The lowest BCUT2D eigenvalue weighted by molar-refractivity contribution is 0.114. The van der Waals surface area contributed by atoms with Gasteiger partial charge in [-0.25, -0.2) is 9.38 Å². The van der Waals surface area contributed by atoms with E-state index < -0.39 is 5.82 Å². The van der Waals surface area contributed by atoms with Crippen molar-refractivity contribution in [2.75, 3.05) is 6.54 Å². The molecule has 0 aliphatic carbocycles. The number of nitrogens with one attached hydrogen (secondary N) is 2. The first kappa shape index (κ1) is 23.8. The molecule has 2 heterocycles. The molecule has 2 saturated heterocycles. The van der Waals surface area contributed by atoms with Crippen molar-refractivity contribution < 1.29 is 9.50 Å². The van der Waals surface area contributed by atoms with E-state index >= 15 is 0 Å². The van der Waals surface area contributed by atoms with E-state index in [9.17, 15) is 9.50 Å². The molecule has 2 aromatic rings. The molecule has 168 valence electrons. The van der Waals surface area contributed by atoms with Gasteiger partial charge in [0.15, 0.2) is 17.5 Å². The number of halogens is 2. The van der Waals surface area contributed by atoms with Crippen LogP contribution >= 0.6 is 24.0 Å². The summed E-state index contributed by atoms with van der Waals surface area (Å²) in [5, 5.41) is 16.3. The summed E-state index contributed by atoms with van der Waals surface area (Å²) in [6.07, 6.45) is 4.75. The molecular weight excluding hydrogens is 506 g/mol. The van der Waals surface area contributed by atoms with E-state index in [-0.39, 0.29) is 29.7 Å². The third kappa shape index (κ3) is 6.10. The molecule has 7 heteroatoms. The van der Waals surface area contributed by atoms with Crippen LogP contribution < -0.4 is 10.6 Å². The van der Waals surface area contributed by atoms with Gasteiger partial charge < -0.3 is 15.7 Å². The van der Waals surface area contributed by atoms with E-state index in [4.69, 9.17) is 0 Å². The zero-order chi connectivity index (χ0) is 20.9. The van der Waals surface area contributed by atoms with Gasteiger partial charge in [-0.2, -0.15) is 0 Å². The Balaban J connectivity index is 0.00000272. The normalized spacial score (nSPS) is 23.3. The summed E-state index contributed by atoms with van der Waals surface area (Å²) in [5.74, 6) is -0.166. The Morgan fingerprint density at radius 1 is 1.10 bits per heavy atom. The Kier molecular flexibility index (Phi) is 8.54. The van der Waals surface area contributed by atoms with Gasteiger partial charge in [0.2, 0.25) is 0 Å². The van der Waals surface area contributed by atoms with Gasteiger partial charge in [0.1, 0.15) is 0 Å². The zero-order valence-corrected chi connectivity index (χ0v) is 20.3. The first-order valence-corrected chi connectivity index (χ1v) is 10.9. The number of rotatable bonds is 6. The number of aliphatic imine (C=N–C) groups is 1. The summed E-state index contributed by atoms with van der Waals surface area (Å²) >= 11 is 0. The molecule has 2 aliphatic rings. The number of hydrogen-bond donors (Lipinski definition) is 3. The van der Waals surface area contributed by atoms with Crippen LogP contribution in [-0.4, -0.2) is 40.6 Å². The van der Waals surface area contributed by atoms with Gasteiger partial charge in [-0.3, -0.25) is 4.90 Å². The monoisotopic (exact) mass is 538 g/mol. The number of guanidine groups is 1. The molecule has 2 bridgehead atoms. The molecule has 2 fully saturated rings. The molecule has 4 rings (SSSR count). The Hall–Kier alpha value is -1.87. The van der Waals surface area contributed by atoms with Crippen LogP contribution in [0, 0.1) is 5.82 Å². The summed E-state index contributed by atoms with van der Waals surface area (Å²) in [6.45, 7) is 4.22.